The van der Waals surface area contributed by atoms with Crippen LogP contribution in [0.3, 0.4) is 0 Å². The average Bonchev–Trinajstić information content (AvgIpc) is 2.64. The summed E-state index contributed by atoms with van der Waals surface area (Å²) in [4.78, 5) is 26.2. The lowest BCUT2D eigenvalue weighted by Crippen LogP contribution is -2.44. The fourth-order valence-corrected chi connectivity index (χ4v) is 3.41. The largest absolute Gasteiger partial charge is 0.484 e. The number of carbonyl (C=O) groups excluding carboxylic acids is 2. The van der Waals surface area contributed by atoms with Crippen molar-refractivity contribution in [2.24, 2.45) is 5.92 Å². The van der Waals surface area contributed by atoms with Crippen molar-refractivity contribution in [2.75, 3.05) is 26.2 Å². The maximum absolute atomic E-state index is 12.4. The Morgan fingerprint density at radius 3 is 2.54 bits per heavy atom. The topological polar surface area (TPSA) is 58.6 Å². The van der Waals surface area contributed by atoms with E-state index in [4.69, 9.17) is 4.74 Å². The number of amides is 2. The van der Waals surface area contributed by atoms with E-state index in [0.717, 1.165) is 31.6 Å². The molecule has 1 aliphatic heterocycles. The maximum Gasteiger partial charge on any atom is 0.260 e. The lowest BCUT2D eigenvalue weighted by molar-refractivity contribution is -0.137. The predicted molar refractivity (Wildman–Crippen MR) is 103 cm³/mol. The molecule has 5 heteroatoms. The van der Waals surface area contributed by atoms with Crippen LogP contribution < -0.4 is 10.1 Å². The molecule has 1 fully saturated rings. The zero-order chi connectivity index (χ0) is 19.1. The zero-order valence-corrected chi connectivity index (χ0v) is 16.5. The number of rotatable bonds is 7. The summed E-state index contributed by atoms with van der Waals surface area (Å²) in [6.45, 7) is 10.5. The molecule has 0 aliphatic carbocycles. The molecule has 0 atom stereocenters. The number of hydrogen-bond donors (Lipinski definition) is 1. The van der Waals surface area contributed by atoms with Crippen LogP contribution in [-0.4, -0.2) is 43.0 Å². The molecule has 1 aromatic carbocycles. The maximum atomic E-state index is 12.4. The van der Waals surface area contributed by atoms with Crippen LogP contribution in [0.4, 0.5) is 0 Å². The molecule has 0 bridgehead atoms. The SMILES string of the molecule is CCCNC(=O)C1CCN(C(=O)COc2ccc(C(C)C)c(C)c2)CC1. The lowest BCUT2D eigenvalue weighted by atomic mass is 9.96. The average molecular weight is 360 g/mol. The van der Waals surface area contributed by atoms with E-state index in [2.05, 4.69) is 32.2 Å². The number of ether oxygens (including phenoxy) is 1. The molecule has 0 unspecified atom stereocenters. The molecular formula is C21H32N2O3. The Morgan fingerprint density at radius 2 is 1.96 bits per heavy atom. The van der Waals surface area contributed by atoms with Gasteiger partial charge < -0.3 is 15.0 Å². The van der Waals surface area contributed by atoms with Crippen molar-refractivity contribution >= 4 is 11.8 Å². The van der Waals surface area contributed by atoms with Gasteiger partial charge in [0.2, 0.25) is 5.91 Å². The van der Waals surface area contributed by atoms with Crippen molar-refractivity contribution in [3.8, 4) is 5.75 Å². The normalized spacial score (nSPS) is 15.2. The van der Waals surface area contributed by atoms with Crippen LogP contribution in [0.25, 0.3) is 0 Å². The third-order valence-electron chi connectivity index (χ3n) is 4.99. The Kier molecular flexibility index (Phi) is 7.49. The van der Waals surface area contributed by atoms with E-state index in [-0.39, 0.29) is 24.3 Å². The van der Waals surface area contributed by atoms with E-state index in [1.165, 1.54) is 11.1 Å². The van der Waals surface area contributed by atoms with Gasteiger partial charge in [-0.3, -0.25) is 9.59 Å². The smallest absolute Gasteiger partial charge is 0.260 e. The van der Waals surface area contributed by atoms with Gasteiger partial charge in [-0.15, -0.1) is 0 Å². The van der Waals surface area contributed by atoms with Crippen molar-refractivity contribution < 1.29 is 14.3 Å². The van der Waals surface area contributed by atoms with Crippen LogP contribution in [0.15, 0.2) is 18.2 Å². The summed E-state index contributed by atoms with van der Waals surface area (Å²) in [5.74, 6) is 1.34. The van der Waals surface area contributed by atoms with Crippen LogP contribution in [0.2, 0.25) is 0 Å². The number of nitrogens with zero attached hydrogens (tertiary/aromatic N) is 1. The van der Waals surface area contributed by atoms with Crippen LogP contribution in [0, 0.1) is 12.8 Å². The molecule has 1 N–H and O–H groups in total. The predicted octanol–water partition coefficient (Wildman–Crippen LogP) is 3.26. The highest BCUT2D eigenvalue weighted by Gasteiger charge is 2.27. The van der Waals surface area contributed by atoms with Crippen LogP contribution in [0.5, 0.6) is 5.75 Å². The first-order valence-corrected chi connectivity index (χ1v) is 9.71. The Morgan fingerprint density at radius 1 is 1.27 bits per heavy atom. The molecule has 2 amide bonds. The van der Waals surface area contributed by atoms with Gasteiger partial charge in [-0.1, -0.05) is 26.8 Å². The van der Waals surface area contributed by atoms with E-state index in [1.54, 1.807) is 4.90 Å². The molecule has 26 heavy (non-hydrogen) atoms. The minimum atomic E-state index is -0.0111. The third kappa shape index (κ3) is 5.48. The molecular weight excluding hydrogens is 328 g/mol. The van der Waals surface area contributed by atoms with Crippen molar-refractivity contribution in [1.82, 2.24) is 10.2 Å². The second-order valence-electron chi connectivity index (χ2n) is 7.41. The van der Waals surface area contributed by atoms with Crippen molar-refractivity contribution in [1.29, 1.82) is 0 Å². The van der Waals surface area contributed by atoms with Gasteiger partial charge >= 0.3 is 0 Å². The third-order valence-corrected chi connectivity index (χ3v) is 4.99. The highest BCUT2D eigenvalue weighted by Crippen LogP contribution is 2.24. The van der Waals surface area contributed by atoms with Gasteiger partial charge in [-0.05, 0) is 55.4 Å². The molecule has 1 aliphatic rings. The number of hydrogen-bond acceptors (Lipinski definition) is 3. The monoisotopic (exact) mass is 360 g/mol. The van der Waals surface area contributed by atoms with E-state index in [1.807, 2.05) is 19.1 Å². The van der Waals surface area contributed by atoms with Gasteiger partial charge in [0.1, 0.15) is 5.75 Å². The Labute approximate surface area is 157 Å². The van der Waals surface area contributed by atoms with Crippen LogP contribution >= 0.6 is 0 Å². The summed E-state index contributed by atoms with van der Waals surface area (Å²) in [5.41, 5.74) is 2.48. The summed E-state index contributed by atoms with van der Waals surface area (Å²) in [6, 6.07) is 5.99. The molecule has 1 aromatic rings. The van der Waals surface area contributed by atoms with Crippen LogP contribution in [-0.2, 0) is 9.59 Å². The lowest BCUT2D eigenvalue weighted by Gasteiger charge is -2.31. The summed E-state index contributed by atoms with van der Waals surface area (Å²) in [7, 11) is 0. The highest BCUT2D eigenvalue weighted by atomic mass is 16.5. The van der Waals surface area contributed by atoms with E-state index >= 15 is 0 Å². The molecule has 1 saturated heterocycles. The van der Waals surface area contributed by atoms with E-state index in [9.17, 15) is 9.59 Å². The van der Waals surface area contributed by atoms with Gasteiger partial charge in [-0.2, -0.15) is 0 Å². The van der Waals surface area contributed by atoms with Gasteiger partial charge in [0, 0.05) is 25.6 Å². The number of carbonyl (C=O) groups is 2. The number of likely N-dealkylation sites (tertiary alicyclic amines) is 1. The zero-order valence-electron chi connectivity index (χ0n) is 16.5. The van der Waals surface area contributed by atoms with Gasteiger partial charge in [0.25, 0.3) is 5.91 Å². The van der Waals surface area contributed by atoms with Crippen molar-refractivity contribution in [3.63, 3.8) is 0 Å². The molecule has 0 radical (unpaired) electrons. The quantitative estimate of drug-likeness (QED) is 0.812. The molecule has 0 saturated carbocycles. The fourth-order valence-electron chi connectivity index (χ4n) is 3.41. The Bertz CT molecular complexity index is 620. The molecule has 144 valence electrons. The first-order valence-electron chi connectivity index (χ1n) is 9.71. The minimum Gasteiger partial charge on any atom is -0.484 e. The summed E-state index contributed by atoms with van der Waals surface area (Å²) >= 11 is 0. The second-order valence-corrected chi connectivity index (χ2v) is 7.41. The molecule has 2 rings (SSSR count). The molecule has 5 nitrogen and oxygen atoms in total. The Hall–Kier alpha value is -2.04. The van der Waals surface area contributed by atoms with Gasteiger partial charge in [0.05, 0.1) is 0 Å². The molecule has 1 heterocycles. The summed E-state index contributed by atoms with van der Waals surface area (Å²) in [5, 5.41) is 2.94. The number of nitrogens with one attached hydrogen (secondary N) is 1. The molecule has 0 spiro atoms. The van der Waals surface area contributed by atoms with E-state index < -0.39 is 0 Å². The fraction of sp³-hybridized carbons (Fsp3) is 0.619. The molecule has 0 aromatic heterocycles. The van der Waals surface area contributed by atoms with Gasteiger partial charge in [-0.25, -0.2) is 0 Å². The summed E-state index contributed by atoms with van der Waals surface area (Å²) < 4.78 is 5.69. The number of piperidine rings is 1. The number of benzene rings is 1. The van der Waals surface area contributed by atoms with Crippen molar-refractivity contribution in [3.05, 3.63) is 29.3 Å². The first kappa shape index (κ1) is 20.3. The summed E-state index contributed by atoms with van der Waals surface area (Å²) in [6.07, 6.45) is 2.39. The Balaban J connectivity index is 1.79. The first-order chi connectivity index (χ1) is 12.4. The van der Waals surface area contributed by atoms with Crippen molar-refractivity contribution in [2.45, 2.75) is 52.9 Å². The highest BCUT2D eigenvalue weighted by molar-refractivity contribution is 5.80. The number of aryl methyl sites for hydroxylation is 1. The second kappa shape index (κ2) is 9.60. The van der Waals surface area contributed by atoms with E-state index in [0.29, 0.717) is 19.0 Å². The van der Waals surface area contributed by atoms with Gasteiger partial charge in [0.15, 0.2) is 6.61 Å². The van der Waals surface area contributed by atoms with Crippen LogP contribution in [0.1, 0.15) is 57.1 Å². The standard InChI is InChI=1S/C21H32N2O3/c1-5-10-22-21(25)17-8-11-23(12-9-17)20(24)14-26-18-6-7-19(15(2)3)16(4)13-18/h6-7,13,15,17H,5,8-12,14H2,1-4H3,(H,22,25). The minimum absolute atomic E-state index is 0.0111.